The van der Waals surface area contributed by atoms with Crippen LogP contribution in [0.15, 0.2) is 0 Å². The molecular weight excluding hydrogens is 186 g/mol. The van der Waals surface area contributed by atoms with E-state index in [0.717, 1.165) is 11.5 Å². The van der Waals surface area contributed by atoms with E-state index < -0.39 is 11.9 Å². The number of amides is 1. The Kier molecular flexibility index (Phi) is 3.07. The van der Waals surface area contributed by atoms with Gasteiger partial charge in [-0.05, 0) is 0 Å². The molecule has 6 heteroatoms. The summed E-state index contributed by atoms with van der Waals surface area (Å²) in [6, 6.07) is 0. The van der Waals surface area contributed by atoms with E-state index in [-0.39, 0.29) is 4.71 Å². The maximum Gasteiger partial charge on any atom is 0.394 e. The van der Waals surface area contributed by atoms with Gasteiger partial charge in [-0.25, -0.2) is 4.79 Å². The Bertz CT molecular complexity index is 179. The molecule has 1 aliphatic rings. The van der Waals surface area contributed by atoms with E-state index in [1.165, 1.54) is 0 Å². The van der Waals surface area contributed by atoms with Crippen LogP contribution in [0.4, 0.5) is 0 Å². The number of rotatable bonds is 1. The van der Waals surface area contributed by atoms with Gasteiger partial charge in [0, 0.05) is 11.5 Å². The van der Waals surface area contributed by atoms with E-state index in [2.05, 4.69) is 5.32 Å². The molecule has 0 spiro atoms. The topological polar surface area (TPSA) is 66.4 Å². The summed E-state index contributed by atoms with van der Waals surface area (Å²) < 4.78 is -0.0707. The Labute approximate surface area is 72.1 Å². The van der Waals surface area contributed by atoms with Crippen molar-refractivity contribution in [2.24, 2.45) is 0 Å². The summed E-state index contributed by atoms with van der Waals surface area (Å²) >= 11 is 3.11. The predicted octanol–water partition coefficient (Wildman–Crippen LogP) is -0.0492. The molecule has 1 saturated heterocycles. The zero-order valence-corrected chi connectivity index (χ0v) is 7.20. The average Bonchev–Trinajstić information content (AvgIpc) is 2.39. The molecule has 0 aromatic heterocycles. The molecule has 0 aliphatic carbocycles. The van der Waals surface area contributed by atoms with Crippen LogP contribution in [-0.2, 0) is 9.59 Å². The number of carbonyl (C=O) groups is 2. The third-order valence-corrected chi connectivity index (χ3v) is 3.86. The lowest BCUT2D eigenvalue weighted by Crippen LogP contribution is -2.34. The lowest BCUT2D eigenvalue weighted by Gasteiger charge is -2.06. The molecule has 1 aliphatic heterocycles. The van der Waals surface area contributed by atoms with Crippen molar-refractivity contribution in [2.45, 2.75) is 4.71 Å². The van der Waals surface area contributed by atoms with Crippen molar-refractivity contribution in [1.82, 2.24) is 5.32 Å². The van der Waals surface area contributed by atoms with Gasteiger partial charge in [0.15, 0.2) is 0 Å². The SMILES string of the molecule is O=C(O)C(=O)NC1SCCS1. The van der Waals surface area contributed by atoms with Gasteiger partial charge in [0.25, 0.3) is 0 Å². The van der Waals surface area contributed by atoms with Crippen molar-refractivity contribution in [2.75, 3.05) is 11.5 Å². The lowest BCUT2D eigenvalue weighted by molar-refractivity contribution is -0.150. The largest absolute Gasteiger partial charge is 0.474 e. The van der Waals surface area contributed by atoms with Crippen LogP contribution < -0.4 is 5.32 Å². The molecule has 0 radical (unpaired) electrons. The number of aliphatic carboxylic acids is 1. The molecule has 0 atom stereocenters. The summed E-state index contributed by atoms with van der Waals surface area (Å²) in [5.74, 6) is -0.403. The van der Waals surface area contributed by atoms with E-state index in [4.69, 9.17) is 5.11 Å². The van der Waals surface area contributed by atoms with Gasteiger partial charge in [-0.3, -0.25) is 4.79 Å². The minimum absolute atomic E-state index is 0.0707. The summed E-state index contributed by atoms with van der Waals surface area (Å²) in [7, 11) is 0. The van der Waals surface area contributed by atoms with Crippen LogP contribution in [0.1, 0.15) is 0 Å². The first kappa shape index (κ1) is 8.73. The summed E-state index contributed by atoms with van der Waals surface area (Å²) in [5, 5.41) is 10.6. The Morgan fingerprint density at radius 1 is 1.36 bits per heavy atom. The number of carbonyl (C=O) groups excluding carboxylic acids is 1. The Morgan fingerprint density at radius 3 is 2.36 bits per heavy atom. The fourth-order valence-electron chi connectivity index (χ4n) is 0.611. The van der Waals surface area contributed by atoms with Crippen LogP contribution in [0.2, 0.25) is 0 Å². The zero-order chi connectivity index (χ0) is 8.27. The Balaban J connectivity index is 2.29. The molecule has 1 fully saturated rings. The highest BCUT2D eigenvalue weighted by Crippen LogP contribution is 2.29. The molecule has 0 bridgehead atoms. The van der Waals surface area contributed by atoms with Gasteiger partial charge in [-0.1, -0.05) is 0 Å². The summed E-state index contributed by atoms with van der Waals surface area (Å²) in [5.41, 5.74) is 0. The van der Waals surface area contributed by atoms with Gasteiger partial charge < -0.3 is 10.4 Å². The van der Waals surface area contributed by atoms with E-state index >= 15 is 0 Å². The molecular formula is C5H7NO3S2. The normalized spacial score (nSPS) is 18.2. The van der Waals surface area contributed by atoms with Crippen LogP contribution in [0.5, 0.6) is 0 Å². The predicted molar refractivity (Wildman–Crippen MR) is 44.5 cm³/mol. The van der Waals surface area contributed by atoms with Gasteiger partial charge in [-0.2, -0.15) is 0 Å². The quantitative estimate of drug-likeness (QED) is 0.572. The average molecular weight is 193 g/mol. The zero-order valence-electron chi connectivity index (χ0n) is 5.57. The second-order valence-corrected chi connectivity index (χ2v) is 4.58. The molecule has 1 amide bonds. The highest BCUT2D eigenvalue weighted by Gasteiger charge is 2.21. The standard InChI is InChI=1S/C5H7NO3S2/c7-3(4(8)9)6-5-10-1-2-11-5/h5H,1-2H2,(H,6,7)(H,8,9). The highest BCUT2D eigenvalue weighted by molar-refractivity contribution is 8.20. The molecule has 1 rings (SSSR count). The van der Waals surface area contributed by atoms with Crippen LogP contribution in [0, 0.1) is 0 Å². The van der Waals surface area contributed by atoms with E-state index in [1.807, 2.05) is 0 Å². The molecule has 11 heavy (non-hydrogen) atoms. The van der Waals surface area contributed by atoms with Crippen molar-refractivity contribution >= 4 is 35.4 Å². The number of hydrogen-bond donors (Lipinski definition) is 2. The van der Waals surface area contributed by atoms with E-state index in [1.54, 1.807) is 23.5 Å². The van der Waals surface area contributed by atoms with Crippen molar-refractivity contribution in [3.8, 4) is 0 Å². The summed E-state index contributed by atoms with van der Waals surface area (Å²) in [4.78, 5) is 20.6. The molecule has 0 aromatic rings. The van der Waals surface area contributed by atoms with Crippen molar-refractivity contribution < 1.29 is 14.7 Å². The second kappa shape index (κ2) is 3.87. The molecule has 0 saturated carbocycles. The smallest absolute Gasteiger partial charge is 0.394 e. The Morgan fingerprint density at radius 2 is 1.91 bits per heavy atom. The third-order valence-electron chi connectivity index (χ3n) is 1.06. The minimum atomic E-state index is -1.42. The fraction of sp³-hybridized carbons (Fsp3) is 0.600. The number of hydrogen-bond acceptors (Lipinski definition) is 4. The van der Waals surface area contributed by atoms with Gasteiger partial charge in [0.05, 0.1) is 0 Å². The fourth-order valence-corrected chi connectivity index (χ4v) is 3.15. The van der Waals surface area contributed by atoms with Crippen molar-refractivity contribution in [3.05, 3.63) is 0 Å². The van der Waals surface area contributed by atoms with Gasteiger partial charge >= 0.3 is 11.9 Å². The molecule has 1 heterocycles. The third kappa shape index (κ3) is 2.63. The first-order chi connectivity index (χ1) is 5.20. The van der Waals surface area contributed by atoms with Crippen molar-refractivity contribution in [1.29, 1.82) is 0 Å². The minimum Gasteiger partial charge on any atom is -0.474 e. The van der Waals surface area contributed by atoms with E-state index in [0.29, 0.717) is 0 Å². The van der Waals surface area contributed by atoms with Crippen LogP contribution >= 0.6 is 23.5 Å². The molecule has 0 unspecified atom stereocenters. The van der Waals surface area contributed by atoms with Crippen LogP contribution in [-0.4, -0.2) is 33.2 Å². The van der Waals surface area contributed by atoms with Crippen LogP contribution in [0.3, 0.4) is 0 Å². The first-order valence-electron chi connectivity index (χ1n) is 2.97. The summed E-state index contributed by atoms with van der Waals surface area (Å²) in [6.07, 6.45) is 0. The maximum absolute atomic E-state index is 10.6. The summed E-state index contributed by atoms with van der Waals surface area (Å²) in [6.45, 7) is 0. The van der Waals surface area contributed by atoms with Gasteiger partial charge in [0.2, 0.25) is 0 Å². The molecule has 62 valence electrons. The number of nitrogens with one attached hydrogen (secondary N) is 1. The van der Waals surface area contributed by atoms with Gasteiger partial charge in [-0.15, -0.1) is 23.5 Å². The molecule has 2 N–H and O–H groups in total. The Hall–Kier alpha value is -0.360. The lowest BCUT2D eigenvalue weighted by atomic mass is 10.6. The van der Waals surface area contributed by atoms with Crippen LogP contribution in [0.25, 0.3) is 0 Å². The van der Waals surface area contributed by atoms with Crippen molar-refractivity contribution in [3.63, 3.8) is 0 Å². The monoisotopic (exact) mass is 193 g/mol. The number of carboxylic acids is 1. The molecule has 4 nitrogen and oxygen atoms in total. The second-order valence-electron chi connectivity index (χ2n) is 1.85. The van der Waals surface area contributed by atoms with Gasteiger partial charge in [0.1, 0.15) is 4.71 Å². The van der Waals surface area contributed by atoms with E-state index in [9.17, 15) is 9.59 Å². The molecule has 0 aromatic carbocycles. The number of thioether (sulfide) groups is 2. The first-order valence-corrected chi connectivity index (χ1v) is 5.07. The highest BCUT2D eigenvalue weighted by atomic mass is 32.2. The maximum atomic E-state index is 10.6. The number of carboxylic acid groups (broad SMARTS) is 1.